The van der Waals surface area contributed by atoms with E-state index in [1.807, 2.05) is 0 Å². The third-order valence-corrected chi connectivity index (χ3v) is 12.9. The smallest absolute Gasteiger partial charge is 0.0917 e. The van der Waals surface area contributed by atoms with Crippen molar-refractivity contribution in [2.45, 2.75) is 25.0 Å². The minimum atomic E-state index is -0.165. The van der Waals surface area contributed by atoms with Crippen LogP contribution >= 0.6 is 0 Å². The van der Waals surface area contributed by atoms with Gasteiger partial charge in [-0.1, -0.05) is 152 Å². The van der Waals surface area contributed by atoms with Crippen molar-refractivity contribution in [2.24, 2.45) is 5.92 Å². The van der Waals surface area contributed by atoms with Crippen molar-refractivity contribution in [2.75, 3.05) is 11.9 Å². The van der Waals surface area contributed by atoms with Crippen molar-refractivity contribution in [3.63, 3.8) is 0 Å². The Morgan fingerprint density at radius 1 is 0.452 bits per heavy atom. The third-order valence-electron chi connectivity index (χ3n) is 12.9. The Morgan fingerprint density at radius 3 is 1.39 bits per heavy atom. The van der Waals surface area contributed by atoms with Crippen LogP contribution in [0.3, 0.4) is 0 Å². The fraction of sp³-hybridized carbons (Fsp3) is 0.107. The summed E-state index contributed by atoms with van der Waals surface area (Å²) in [5, 5.41) is 4.19. The van der Waals surface area contributed by atoms with Gasteiger partial charge >= 0.3 is 0 Å². The van der Waals surface area contributed by atoms with Crippen molar-refractivity contribution in [1.29, 1.82) is 0 Å². The van der Waals surface area contributed by atoms with E-state index in [9.17, 15) is 0 Å². The summed E-state index contributed by atoms with van der Waals surface area (Å²) in [7, 11) is 0. The van der Waals surface area contributed by atoms with Gasteiger partial charge in [-0.2, -0.15) is 0 Å². The topological polar surface area (TPSA) is 78.6 Å². The monoisotopic (exact) mass is 801 g/mol. The first-order valence-corrected chi connectivity index (χ1v) is 21.6. The number of hydrogen-bond acceptors (Lipinski definition) is 4. The summed E-state index contributed by atoms with van der Waals surface area (Å²) in [6.45, 7) is 0.704. The summed E-state index contributed by atoms with van der Waals surface area (Å²) in [6.07, 6.45) is 10.6. The van der Waals surface area contributed by atoms with Crippen molar-refractivity contribution < 1.29 is 4.74 Å². The molecule has 0 amide bonds. The lowest BCUT2D eigenvalue weighted by Crippen LogP contribution is -2.35. The molecule has 298 valence electrons. The quantitative estimate of drug-likeness (QED) is 0.162. The predicted octanol–water partition coefficient (Wildman–Crippen LogP) is 14.0. The number of ether oxygens (including phenoxy) is 1. The first kappa shape index (κ1) is 36.3. The minimum Gasteiger partial charge on any atom is -0.376 e. The second-order valence-electron chi connectivity index (χ2n) is 16.5. The van der Waals surface area contributed by atoms with Crippen LogP contribution < -0.4 is 5.32 Å². The molecule has 0 saturated carbocycles. The Bertz CT molecular complexity index is 3210. The van der Waals surface area contributed by atoms with Gasteiger partial charge in [0.15, 0.2) is 0 Å². The summed E-state index contributed by atoms with van der Waals surface area (Å²) in [6, 6.07) is 57.9. The maximum Gasteiger partial charge on any atom is 0.0917 e. The van der Waals surface area contributed by atoms with E-state index in [0.717, 1.165) is 113 Å². The Morgan fingerprint density at radius 2 is 0.887 bits per heavy atom. The van der Waals surface area contributed by atoms with Crippen LogP contribution in [0.15, 0.2) is 164 Å². The number of aromatic nitrogens is 4. The van der Waals surface area contributed by atoms with Crippen molar-refractivity contribution in [3.05, 3.63) is 198 Å². The number of aromatic amines is 2. The maximum absolute atomic E-state index is 7.02. The van der Waals surface area contributed by atoms with Gasteiger partial charge in [0, 0.05) is 51.4 Å². The van der Waals surface area contributed by atoms with Crippen LogP contribution in [0, 0.1) is 5.92 Å². The largest absolute Gasteiger partial charge is 0.376 e. The molecule has 6 heteroatoms. The van der Waals surface area contributed by atoms with E-state index in [2.05, 4.69) is 203 Å². The zero-order chi connectivity index (χ0) is 41.0. The summed E-state index contributed by atoms with van der Waals surface area (Å²) < 4.78 is 7.02. The lowest BCUT2D eigenvalue weighted by atomic mass is 9.77. The lowest BCUT2D eigenvalue weighted by Gasteiger charge is -2.42. The van der Waals surface area contributed by atoms with Gasteiger partial charge < -0.3 is 20.0 Å². The van der Waals surface area contributed by atoms with Gasteiger partial charge in [-0.05, 0) is 77.1 Å². The van der Waals surface area contributed by atoms with E-state index in [4.69, 9.17) is 14.7 Å². The summed E-state index contributed by atoms with van der Waals surface area (Å²) >= 11 is 0. The van der Waals surface area contributed by atoms with Crippen LogP contribution in [-0.4, -0.2) is 26.5 Å². The van der Waals surface area contributed by atoms with Crippen LogP contribution in [0.4, 0.5) is 5.69 Å². The second kappa shape index (κ2) is 15.2. The average molecular weight is 802 g/mol. The highest BCUT2D eigenvalue weighted by Crippen LogP contribution is 2.55. The molecule has 62 heavy (non-hydrogen) atoms. The lowest BCUT2D eigenvalue weighted by molar-refractivity contribution is -0.0370. The van der Waals surface area contributed by atoms with Crippen molar-refractivity contribution in [1.82, 2.24) is 19.9 Å². The molecular formula is C56H43N5O. The van der Waals surface area contributed by atoms with Gasteiger partial charge in [0.2, 0.25) is 0 Å². The molecule has 0 unspecified atom stereocenters. The fourth-order valence-corrected chi connectivity index (χ4v) is 10.1. The molecule has 3 N–H and O–H groups in total. The van der Waals surface area contributed by atoms with Gasteiger partial charge in [0.05, 0.1) is 51.6 Å². The molecule has 1 saturated heterocycles. The first-order valence-electron chi connectivity index (χ1n) is 21.6. The molecule has 0 radical (unpaired) electrons. The molecule has 3 atom stereocenters. The van der Waals surface area contributed by atoms with E-state index in [-0.39, 0.29) is 18.1 Å². The molecule has 0 aliphatic carbocycles. The van der Waals surface area contributed by atoms with Gasteiger partial charge in [-0.15, -0.1) is 0 Å². The van der Waals surface area contributed by atoms with E-state index in [1.54, 1.807) is 0 Å². The molecule has 7 heterocycles. The molecule has 1 fully saturated rings. The van der Waals surface area contributed by atoms with Gasteiger partial charge in [0.1, 0.15) is 0 Å². The van der Waals surface area contributed by atoms with E-state index in [0.29, 0.717) is 6.61 Å². The molecule has 8 bridgehead atoms. The van der Waals surface area contributed by atoms with Gasteiger partial charge in [-0.25, -0.2) is 9.97 Å². The Hall–Kier alpha value is -7.54. The summed E-state index contributed by atoms with van der Waals surface area (Å²) in [4.78, 5) is 19.2. The van der Waals surface area contributed by atoms with Crippen molar-refractivity contribution in [3.8, 4) is 44.5 Å². The van der Waals surface area contributed by atoms with Crippen LogP contribution in [0.5, 0.6) is 0 Å². The molecule has 3 aromatic heterocycles. The van der Waals surface area contributed by atoms with Crippen molar-refractivity contribution >= 4 is 52.1 Å². The molecular weight excluding hydrogens is 759 g/mol. The van der Waals surface area contributed by atoms with Gasteiger partial charge in [-0.3, -0.25) is 0 Å². The molecule has 0 spiro atoms. The highest BCUT2D eigenvalue weighted by Gasteiger charge is 2.43. The third kappa shape index (κ3) is 6.14. The average Bonchev–Trinajstić information content (AvgIpc) is 4.18. The van der Waals surface area contributed by atoms with Crippen LogP contribution in [0.1, 0.15) is 58.9 Å². The number of nitrogens with one attached hydrogen (secondary N) is 3. The minimum absolute atomic E-state index is 0.0393. The summed E-state index contributed by atoms with van der Waals surface area (Å²) in [5.74, 6) is 0.210. The molecule has 5 aromatic carbocycles. The Balaban J connectivity index is 1.30. The van der Waals surface area contributed by atoms with E-state index >= 15 is 0 Å². The molecule has 6 nitrogen and oxygen atoms in total. The standard InChI is InChI=1S/C56H43N5O/c1-6-17-35(18-7-1)47-41-28-29-42(57-41)48(36-19-8-2-9-20-36)44-31-33-46(59-44)50(38-23-12-4-13-24-38)54-55-51(56-40(27-16-34-62-56)52(60-55)39-25-14-5-15-26-39)53(61-54)49(37-21-10-3-11-22-37)45-32-30-43(47)58-45/h1-15,17-26,28-33,40,52,56-57,60-61H,16,27,34H2/t40-,52-,56-/m1/s1. The maximum atomic E-state index is 7.02. The first-order chi connectivity index (χ1) is 30.8. The number of fused-ring (bicyclic) bond motifs is 13. The highest BCUT2D eigenvalue weighted by molar-refractivity contribution is 6.05. The molecule has 12 rings (SSSR count). The van der Waals surface area contributed by atoms with Gasteiger partial charge in [0.25, 0.3) is 0 Å². The van der Waals surface area contributed by atoms with Crippen LogP contribution in [0.2, 0.25) is 0 Å². The fourth-order valence-electron chi connectivity index (χ4n) is 10.1. The Labute approximate surface area is 360 Å². The number of benzene rings is 5. The van der Waals surface area contributed by atoms with Crippen LogP contribution in [-0.2, 0) is 4.74 Å². The summed E-state index contributed by atoms with van der Waals surface area (Å²) in [5.41, 5.74) is 19.3. The molecule has 4 aliphatic heterocycles. The highest BCUT2D eigenvalue weighted by atomic mass is 16.5. The zero-order valence-corrected chi connectivity index (χ0v) is 34.1. The van der Waals surface area contributed by atoms with E-state index in [1.165, 1.54) is 5.56 Å². The number of hydrogen-bond donors (Lipinski definition) is 3. The number of anilines is 1. The SMILES string of the molecule is C1=Cc2nc1c(-c1ccccc1)c1ccc([nH]1)c(-c1ccccc1)c1nc(c(-c3ccccc3)c3[nH]c(c4c3[C@@H]3OCCC[C@@H]3[C@@H](c3ccccc3)N4)c2-c2ccccc2)C=C1. The van der Waals surface area contributed by atoms with Crippen LogP contribution in [0.25, 0.3) is 90.9 Å². The zero-order valence-electron chi connectivity index (χ0n) is 34.1. The molecule has 8 aromatic rings. The number of rotatable bonds is 5. The number of nitrogens with zero attached hydrogens (tertiary/aromatic N) is 2. The predicted molar refractivity (Wildman–Crippen MR) is 255 cm³/mol. The van der Waals surface area contributed by atoms with E-state index < -0.39 is 0 Å². The Kier molecular flexibility index (Phi) is 8.89. The second-order valence-corrected chi connectivity index (χ2v) is 16.5. The normalized spacial score (nSPS) is 17.6. The molecule has 4 aliphatic rings. The number of H-pyrrole nitrogens is 2.